The third kappa shape index (κ3) is 4.44. The number of rotatable bonds is 6. The fourth-order valence-electron chi connectivity index (χ4n) is 1.23. The van der Waals surface area contributed by atoms with Crippen molar-refractivity contribution in [1.29, 1.82) is 0 Å². The molecular weight excluding hydrogens is 218 g/mol. The van der Waals surface area contributed by atoms with Gasteiger partial charge >= 0.3 is 0 Å². The Morgan fingerprint density at radius 3 is 2.88 bits per heavy atom. The van der Waals surface area contributed by atoms with E-state index in [4.69, 9.17) is 9.47 Å². The van der Waals surface area contributed by atoms with Crippen LogP contribution >= 0.6 is 0 Å². The van der Waals surface area contributed by atoms with Crippen LogP contribution in [0.25, 0.3) is 0 Å². The first kappa shape index (κ1) is 13.5. The summed E-state index contributed by atoms with van der Waals surface area (Å²) in [5.41, 5.74) is 0.715. The molecule has 1 atom stereocenters. The van der Waals surface area contributed by atoms with Gasteiger partial charge in [-0.05, 0) is 25.5 Å². The average Bonchev–Trinajstić information content (AvgIpc) is 2.35. The van der Waals surface area contributed by atoms with Gasteiger partial charge in [-0.25, -0.2) is 0 Å². The minimum Gasteiger partial charge on any atom is -0.494 e. The fraction of sp³-hybridized carbons (Fsp3) is 0.462. The molecular formula is C13H19NO3. The van der Waals surface area contributed by atoms with Gasteiger partial charge in [0.2, 0.25) is 0 Å². The Labute approximate surface area is 102 Å². The summed E-state index contributed by atoms with van der Waals surface area (Å²) in [5.74, 6) is 0.592. The Bertz CT molecular complexity index is 365. The summed E-state index contributed by atoms with van der Waals surface area (Å²) >= 11 is 0. The molecule has 0 aliphatic carbocycles. The van der Waals surface area contributed by atoms with Crippen molar-refractivity contribution in [2.45, 2.75) is 26.4 Å². The summed E-state index contributed by atoms with van der Waals surface area (Å²) in [6, 6.07) is 7.33. The fourth-order valence-corrected chi connectivity index (χ4v) is 1.23. The molecule has 1 rings (SSSR count). The van der Waals surface area contributed by atoms with Crippen LogP contribution in [0.3, 0.4) is 0 Å². The van der Waals surface area contributed by atoms with Crippen molar-refractivity contribution in [2.24, 2.45) is 0 Å². The van der Waals surface area contributed by atoms with E-state index >= 15 is 0 Å². The van der Waals surface area contributed by atoms with Crippen LogP contribution in [0, 0.1) is 0 Å². The molecule has 94 valence electrons. The largest absolute Gasteiger partial charge is 0.494 e. The lowest BCUT2D eigenvalue weighted by molar-refractivity contribution is -0.124. The highest BCUT2D eigenvalue weighted by Gasteiger charge is 2.11. The number of amides is 1. The maximum Gasteiger partial charge on any atom is 0.253 e. The van der Waals surface area contributed by atoms with Crippen LogP contribution in [-0.2, 0) is 9.53 Å². The quantitative estimate of drug-likeness (QED) is 0.826. The number of hydrogen-bond donors (Lipinski definition) is 1. The van der Waals surface area contributed by atoms with Crippen LogP contribution < -0.4 is 10.1 Å². The molecule has 4 nitrogen and oxygen atoms in total. The van der Waals surface area contributed by atoms with E-state index in [0.29, 0.717) is 12.3 Å². The van der Waals surface area contributed by atoms with Gasteiger partial charge in [0.25, 0.3) is 5.91 Å². The molecule has 0 fully saturated rings. The summed E-state index contributed by atoms with van der Waals surface area (Å²) in [7, 11) is 1.50. The van der Waals surface area contributed by atoms with E-state index in [1.807, 2.05) is 25.1 Å². The van der Waals surface area contributed by atoms with Crippen LogP contribution in [-0.4, -0.2) is 25.7 Å². The number of benzene rings is 1. The van der Waals surface area contributed by atoms with Gasteiger partial charge in [0.15, 0.2) is 0 Å². The van der Waals surface area contributed by atoms with E-state index in [0.717, 1.165) is 12.2 Å². The highest BCUT2D eigenvalue weighted by molar-refractivity contribution is 5.94. The molecule has 1 amide bonds. The van der Waals surface area contributed by atoms with Gasteiger partial charge in [-0.3, -0.25) is 4.79 Å². The first-order valence-corrected chi connectivity index (χ1v) is 5.74. The van der Waals surface area contributed by atoms with Crippen LogP contribution in [0.1, 0.15) is 20.3 Å². The summed E-state index contributed by atoms with van der Waals surface area (Å²) in [6.45, 7) is 4.42. The summed E-state index contributed by atoms with van der Waals surface area (Å²) in [5, 5.41) is 2.77. The molecule has 0 heterocycles. The van der Waals surface area contributed by atoms with Crippen molar-refractivity contribution in [3.8, 4) is 5.75 Å². The van der Waals surface area contributed by atoms with Crippen LogP contribution in [0.15, 0.2) is 24.3 Å². The molecule has 0 saturated carbocycles. The van der Waals surface area contributed by atoms with Gasteiger partial charge in [-0.1, -0.05) is 13.0 Å². The van der Waals surface area contributed by atoms with E-state index in [-0.39, 0.29) is 5.91 Å². The lowest BCUT2D eigenvalue weighted by atomic mass is 10.3. The molecule has 1 aromatic carbocycles. The zero-order chi connectivity index (χ0) is 12.7. The topological polar surface area (TPSA) is 47.6 Å². The van der Waals surface area contributed by atoms with Gasteiger partial charge in [0.1, 0.15) is 11.9 Å². The lowest BCUT2D eigenvalue weighted by Gasteiger charge is -2.11. The predicted octanol–water partition coefficient (Wildman–Crippen LogP) is 2.45. The Hall–Kier alpha value is -1.55. The normalized spacial score (nSPS) is 11.9. The zero-order valence-corrected chi connectivity index (χ0v) is 10.5. The van der Waals surface area contributed by atoms with E-state index in [2.05, 4.69) is 5.32 Å². The molecule has 0 aromatic heterocycles. The molecule has 0 radical (unpaired) electrons. The highest BCUT2D eigenvalue weighted by Crippen LogP contribution is 2.17. The molecule has 1 N–H and O–H groups in total. The molecule has 0 aliphatic heterocycles. The molecule has 0 spiro atoms. The maximum absolute atomic E-state index is 11.6. The Morgan fingerprint density at radius 2 is 2.24 bits per heavy atom. The van der Waals surface area contributed by atoms with Gasteiger partial charge in [-0.2, -0.15) is 0 Å². The van der Waals surface area contributed by atoms with Gasteiger partial charge in [0.05, 0.1) is 6.61 Å². The van der Waals surface area contributed by atoms with Crippen LogP contribution in [0.2, 0.25) is 0 Å². The summed E-state index contributed by atoms with van der Waals surface area (Å²) in [6.07, 6.45) is 0.493. The monoisotopic (exact) mass is 237 g/mol. The molecule has 1 unspecified atom stereocenters. The zero-order valence-electron chi connectivity index (χ0n) is 10.5. The second kappa shape index (κ2) is 6.91. The van der Waals surface area contributed by atoms with E-state index in [1.54, 1.807) is 13.0 Å². The molecule has 0 bridgehead atoms. The third-order valence-electron chi connectivity index (χ3n) is 2.30. The number of anilines is 1. The SMILES string of the molecule is CCCOc1cccc(NC(=O)C(C)OC)c1. The molecule has 0 saturated heterocycles. The average molecular weight is 237 g/mol. The smallest absolute Gasteiger partial charge is 0.253 e. The van der Waals surface area contributed by atoms with Crippen molar-refractivity contribution in [3.05, 3.63) is 24.3 Å². The van der Waals surface area contributed by atoms with Crippen molar-refractivity contribution in [3.63, 3.8) is 0 Å². The molecule has 17 heavy (non-hydrogen) atoms. The standard InChI is InChI=1S/C13H19NO3/c1-4-8-17-12-7-5-6-11(9-12)14-13(15)10(2)16-3/h5-7,9-10H,4,8H2,1-3H3,(H,14,15). The van der Waals surface area contributed by atoms with Gasteiger partial charge in [0, 0.05) is 18.9 Å². The lowest BCUT2D eigenvalue weighted by Crippen LogP contribution is -2.26. The molecule has 1 aromatic rings. The number of methoxy groups -OCH3 is 1. The maximum atomic E-state index is 11.6. The van der Waals surface area contributed by atoms with Crippen LogP contribution in [0.4, 0.5) is 5.69 Å². The van der Waals surface area contributed by atoms with Crippen molar-refractivity contribution < 1.29 is 14.3 Å². The minimum absolute atomic E-state index is 0.167. The van der Waals surface area contributed by atoms with Crippen molar-refractivity contribution in [1.82, 2.24) is 0 Å². The Morgan fingerprint density at radius 1 is 1.47 bits per heavy atom. The second-order valence-electron chi connectivity index (χ2n) is 3.74. The third-order valence-corrected chi connectivity index (χ3v) is 2.30. The van der Waals surface area contributed by atoms with Crippen molar-refractivity contribution in [2.75, 3.05) is 19.0 Å². The van der Waals surface area contributed by atoms with E-state index < -0.39 is 6.10 Å². The summed E-state index contributed by atoms with van der Waals surface area (Å²) < 4.78 is 10.4. The van der Waals surface area contributed by atoms with E-state index in [1.165, 1.54) is 7.11 Å². The number of carbonyl (C=O) groups is 1. The number of hydrogen-bond acceptors (Lipinski definition) is 3. The predicted molar refractivity (Wildman–Crippen MR) is 67.3 cm³/mol. The first-order valence-electron chi connectivity index (χ1n) is 5.74. The summed E-state index contributed by atoms with van der Waals surface area (Å²) in [4.78, 5) is 11.6. The number of ether oxygens (including phenoxy) is 2. The Kier molecular flexibility index (Phi) is 5.49. The molecule has 4 heteroatoms. The van der Waals surface area contributed by atoms with Crippen molar-refractivity contribution >= 4 is 11.6 Å². The van der Waals surface area contributed by atoms with Gasteiger partial charge in [-0.15, -0.1) is 0 Å². The second-order valence-corrected chi connectivity index (χ2v) is 3.74. The number of carbonyl (C=O) groups excluding carboxylic acids is 1. The first-order chi connectivity index (χ1) is 8.17. The minimum atomic E-state index is -0.463. The number of nitrogens with one attached hydrogen (secondary N) is 1. The highest BCUT2D eigenvalue weighted by atomic mass is 16.5. The Balaban J connectivity index is 2.62. The van der Waals surface area contributed by atoms with E-state index in [9.17, 15) is 4.79 Å². The molecule has 0 aliphatic rings. The van der Waals surface area contributed by atoms with Gasteiger partial charge < -0.3 is 14.8 Å². The van der Waals surface area contributed by atoms with Crippen LogP contribution in [0.5, 0.6) is 5.75 Å².